The number of carbonyl (C=O) groups is 1. The van der Waals surface area contributed by atoms with Gasteiger partial charge in [-0.2, -0.15) is 13.2 Å². The van der Waals surface area contributed by atoms with Gasteiger partial charge in [0.25, 0.3) is 5.91 Å². The predicted octanol–water partition coefficient (Wildman–Crippen LogP) is 2.77. The maximum atomic E-state index is 12.9. The van der Waals surface area contributed by atoms with Gasteiger partial charge in [-0.25, -0.2) is 0 Å². The molecule has 1 fully saturated rings. The summed E-state index contributed by atoms with van der Waals surface area (Å²) in [5.41, 5.74) is 0.716. The van der Waals surface area contributed by atoms with Gasteiger partial charge in [0.2, 0.25) is 0 Å². The quantitative estimate of drug-likeness (QED) is 0.592. The smallest absolute Gasteiger partial charge is 0.352 e. The van der Waals surface area contributed by atoms with Crippen molar-refractivity contribution in [1.29, 1.82) is 0 Å². The van der Waals surface area contributed by atoms with E-state index in [2.05, 4.69) is 19.2 Å². The first kappa shape index (κ1) is 15.6. The second-order valence-corrected chi connectivity index (χ2v) is 5.97. The molecule has 1 atom stereocenters. The second kappa shape index (κ2) is 5.22. The molecule has 4 nitrogen and oxygen atoms in total. The van der Waals surface area contributed by atoms with Gasteiger partial charge in [0, 0.05) is 6.54 Å². The molecule has 0 bridgehead atoms. The lowest BCUT2D eigenvalue weighted by molar-refractivity contribution is -0.137. The number of amides is 1. The Balaban J connectivity index is 2.17. The van der Waals surface area contributed by atoms with E-state index < -0.39 is 23.3 Å². The van der Waals surface area contributed by atoms with E-state index in [4.69, 9.17) is 5.84 Å². The number of hydrazine groups is 1. The molecule has 0 spiro atoms. The normalized spacial score (nSPS) is 20.0. The molecule has 0 aliphatic heterocycles. The first-order chi connectivity index (χ1) is 9.66. The number of rotatable bonds is 4. The fourth-order valence-electron chi connectivity index (χ4n) is 2.37. The number of hydrogen-bond donors (Lipinski definition) is 3. The molecule has 1 aliphatic carbocycles. The molecule has 1 aliphatic rings. The largest absolute Gasteiger partial charge is 0.418 e. The van der Waals surface area contributed by atoms with Gasteiger partial charge >= 0.3 is 6.18 Å². The van der Waals surface area contributed by atoms with Gasteiger partial charge in [-0.3, -0.25) is 10.6 Å². The highest BCUT2D eigenvalue weighted by atomic mass is 19.4. The van der Waals surface area contributed by atoms with Crippen LogP contribution in [0.25, 0.3) is 0 Å². The van der Waals surface area contributed by atoms with Crippen LogP contribution in [-0.4, -0.2) is 12.5 Å². The molecule has 1 amide bonds. The summed E-state index contributed by atoms with van der Waals surface area (Å²) in [5.74, 6) is 4.97. The maximum absolute atomic E-state index is 12.9. The van der Waals surface area contributed by atoms with Gasteiger partial charge in [-0.05, 0) is 29.9 Å². The predicted molar refractivity (Wildman–Crippen MR) is 73.5 cm³/mol. The SMILES string of the molecule is CC1(C)CC1CNC(=O)c1cccc(C(F)(F)F)c1NN. The van der Waals surface area contributed by atoms with Crippen molar-refractivity contribution in [1.82, 2.24) is 5.32 Å². The summed E-state index contributed by atoms with van der Waals surface area (Å²) in [7, 11) is 0. The third-order valence-electron chi connectivity index (χ3n) is 3.99. The fraction of sp³-hybridized carbons (Fsp3) is 0.500. The fourth-order valence-corrected chi connectivity index (χ4v) is 2.37. The van der Waals surface area contributed by atoms with Crippen LogP contribution >= 0.6 is 0 Å². The van der Waals surface area contributed by atoms with Crippen LogP contribution < -0.4 is 16.6 Å². The van der Waals surface area contributed by atoms with Gasteiger partial charge in [0.15, 0.2) is 0 Å². The lowest BCUT2D eigenvalue weighted by Crippen LogP contribution is -2.29. The zero-order chi connectivity index (χ0) is 15.8. The first-order valence-corrected chi connectivity index (χ1v) is 6.62. The molecule has 0 heterocycles. The molecule has 0 radical (unpaired) electrons. The van der Waals surface area contributed by atoms with E-state index in [0.717, 1.165) is 12.5 Å². The number of para-hydroxylation sites is 1. The first-order valence-electron chi connectivity index (χ1n) is 6.62. The van der Waals surface area contributed by atoms with Crippen molar-refractivity contribution in [2.75, 3.05) is 12.0 Å². The average Bonchev–Trinajstić information content (AvgIpc) is 3.01. The van der Waals surface area contributed by atoms with Crippen LogP contribution in [0.1, 0.15) is 36.2 Å². The number of alkyl halides is 3. The summed E-state index contributed by atoms with van der Waals surface area (Å²) >= 11 is 0. The Morgan fingerprint density at radius 1 is 1.43 bits per heavy atom. The molecule has 1 aromatic rings. The number of anilines is 1. The molecule has 21 heavy (non-hydrogen) atoms. The molecule has 1 aromatic carbocycles. The maximum Gasteiger partial charge on any atom is 0.418 e. The number of carbonyl (C=O) groups excluding carboxylic acids is 1. The van der Waals surface area contributed by atoms with E-state index >= 15 is 0 Å². The van der Waals surface area contributed by atoms with Crippen molar-refractivity contribution in [3.63, 3.8) is 0 Å². The van der Waals surface area contributed by atoms with Gasteiger partial charge in [-0.15, -0.1) is 0 Å². The van der Waals surface area contributed by atoms with Crippen molar-refractivity contribution in [2.45, 2.75) is 26.4 Å². The van der Waals surface area contributed by atoms with Crippen LogP contribution in [0.2, 0.25) is 0 Å². The van der Waals surface area contributed by atoms with Crippen LogP contribution in [0.3, 0.4) is 0 Å². The highest BCUT2D eigenvalue weighted by Crippen LogP contribution is 2.51. The minimum absolute atomic E-state index is 0.106. The lowest BCUT2D eigenvalue weighted by atomic mass is 10.1. The van der Waals surface area contributed by atoms with E-state index in [1.807, 2.05) is 5.43 Å². The minimum atomic E-state index is -4.57. The topological polar surface area (TPSA) is 67.2 Å². The zero-order valence-electron chi connectivity index (χ0n) is 11.8. The van der Waals surface area contributed by atoms with Crippen LogP contribution in [0.4, 0.5) is 18.9 Å². The van der Waals surface area contributed by atoms with E-state index in [1.165, 1.54) is 12.1 Å². The molecule has 0 aromatic heterocycles. The third kappa shape index (κ3) is 3.29. The summed E-state index contributed by atoms with van der Waals surface area (Å²) < 4.78 is 38.6. The zero-order valence-corrected chi connectivity index (χ0v) is 11.8. The number of halogens is 3. The molecule has 116 valence electrons. The summed E-state index contributed by atoms with van der Waals surface area (Å²) in [6, 6.07) is 3.40. The lowest BCUT2D eigenvalue weighted by Gasteiger charge is -2.16. The Morgan fingerprint density at radius 2 is 2.05 bits per heavy atom. The molecule has 2 rings (SSSR count). The number of hydrogen-bond acceptors (Lipinski definition) is 3. The Bertz CT molecular complexity index is 555. The minimum Gasteiger partial charge on any atom is -0.352 e. The Kier molecular flexibility index (Phi) is 3.88. The highest BCUT2D eigenvalue weighted by Gasteiger charge is 2.45. The van der Waals surface area contributed by atoms with Gasteiger partial charge in [-0.1, -0.05) is 19.9 Å². The van der Waals surface area contributed by atoms with Crippen LogP contribution in [0, 0.1) is 11.3 Å². The Morgan fingerprint density at radius 3 is 2.52 bits per heavy atom. The van der Waals surface area contributed by atoms with Crippen molar-refractivity contribution >= 4 is 11.6 Å². The second-order valence-electron chi connectivity index (χ2n) is 5.97. The number of nitrogen functional groups attached to an aromatic ring is 1. The van der Waals surface area contributed by atoms with Crippen molar-refractivity contribution in [2.24, 2.45) is 17.2 Å². The summed E-state index contributed by atoms with van der Waals surface area (Å²) in [4.78, 5) is 12.1. The highest BCUT2D eigenvalue weighted by molar-refractivity contribution is 6.00. The molecular formula is C14H18F3N3O. The van der Waals surface area contributed by atoms with Crippen LogP contribution in [-0.2, 0) is 6.18 Å². The number of nitrogens with one attached hydrogen (secondary N) is 2. The van der Waals surface area contributed by atoms with Crippen molar-refractivity contribution in [3.8, 4) is 0 Å². The van der Waals surface area contributed by atoms with E-state index in [1.54, 1.807) is 0 Å². The monoisotopic (exact) mass is 301 g/mol. The molecule has 7 heteroatoms. The molecule has 1 unspecified atom stereocenters. The molecular weight excluding hydrogens is 283 g/mol. The summed E-state index contributed by atoms with van der Waals surface area (Å²) in [6.45, 7) is 4.62. The van der Waals surface area contributed by atoms with E-state index in [-0.39, 0.29) is 11.0 Å². The molecule has 0 saturated heterocycles. The average molecular weight is 301 g/mol. The van der Waals surface area contributed by atoms with Crippen LogP contribution in [0.5, 0.6) is 0 Å². The molecule has 4 N–H and O–H groups in total. The summed E-state index contributed by atoms with van der Waals surface area (Å²) in [5, 5.41) is 2.67. The van der Waals surface area contributed by atoms with Crippen LogP contribution in [0.15, 0.2) is 18.2 Å². The number of benzene rings is 1. The van der Waals surface area contributed by atoms with Crippen molar-refractivity contribution < 1.29 is 18.0 Å². The van der Waals surface area contributed by atoms with E-state index in [9.17, 15) is 18.0 Å². The molecule has 1 saturated carbocycles. The standard InChI is InChI=1S/C14H18F3N3O/c1-13(2)6-8(13)7-19-12(21)9-4-3-5-10(11(9)20-18)14(15,16)17/h3-5,8,20H,6-7,18H2,1-2H3,(H,19,21). The van der Waals surface area contributed by atoms with E-state index in [0.29, 0.717) is 12.5 Å². The summed E-state index contributed by atoms with van der Waals surface area (Å²) in [6.07, 6.45) is -3.58. The number of nitrogens with two attached hydrogens (primary N) is 1. The van der Waals surface area contributed by atoms with Gasteiger partial charge in [0.1, 0.15) is 0 Å². The van der Waals surface area contributed by atoms with Crippen molar-refractivity contribution in [3.05, 3.63) is 29.3 Å². The third-order valence-corrected chi connectivity index (χ3v) is 3.99. The Labute approximate surface area is 120 Å². The van der Waals surface area contributed by atoms with Gasteiger partial charge in [0.05, 0.1) is 16.8 Å². The van der Waals surface area contributed by atoms with Gasteiger partial charge < -0.3 is 10.7 Å². The Hall–Kier alpha value is -1.76.